The van der Waals surface area contributed by atoms with Crippen molar-refractivity contribution in [2.75, 3.05) is 11.9 Å². The van der Waals surface area contributed by atoms with Crippen LogP contribution in [0.15, 0.2) is 42.6 Å². The molecule has 0 bridgehead atoms. The molecule has 3 nitrogen and oxygen atoms in total. The largest absolute Gasteiger partial charge is 0.327 e. The lowest BCUT2D eigenvalue weighted by Crippen LogP contribution is -2.35. The van der Waals surface area contributed by atoms with Gasteiger partial charge in [-0.25, -0.2) is 9.37 Å². The number of rotatable bonds is 4. The summed E-state index contributed by atoms with van der Waals surface area (Å²) in [7, 11) is 1.83. The van der Waals surface area contributed by atoms with E-state index < -0.39 is 0 Å². The van der Waals surface area contributed by atoms with E-state index in [0.717, 1.165) is 11.4 Å². The van der Waals surface area contributed by atoms with Crippen LogP contribution in [0.4, 0.5) is 15.9 Å². The molecule has 1 N–H and O–H groups in total. The molecule has 4 heteroatoms. The topological polar surface area (TPSA) is 28.2 Å². The molecule has 2 aromatic rings. The predicted molar refractivity (Wildman–Crippen MR) is 85.3 cm³/mol. The molecule has 1 heterocycles. The van der Waals surface area contributed by atoms with Gasteiger partial charge in [0, 0.05) is 30.9 Å². The van der Waals surface area contributed by atoms with Gasteiger partial charge in [0.25, 0.3) is 0 Å². The summed E-state index contributed by atoms with van der Waals surface area (Å²) in [5, 5.41) is 3.44. The van der Waals surface area contributed by atoms with Gasteiger partial charge in [-0.1, -0.05) is 18.2 Å². The summed E-state index contributed by atoms with van der Waals surface area (Å²) >= 11 is 0. The molecule has 0 spiro atoms. The normalized spacial score (nSPS) is 11.5. The van der Waals surface area contributed by atoms with Crippen LogP contribution in [-0.2, 0) is 6.54 Å². The number of nitrogens with one attached hydrogen (secondary N) is 1. The zero-order valence-corrected chi connectivity index (χ0v) is 13.0. The summed E-state index contributed by atoms with van der Waals surface area (Å²) < 4.78 is 13.9. The summed E-state index contributed by atoms with van der Waals surface area (Å²) in [6, 6.07) is 10.6. The van der Waals surface area contributed by atoms with E-state index >= 15 is 0 Å². The fourth-order valence-corrected chi connectivity index (χ4v) is 2.07. The van der Waals surface area contributed by atoms with Crippen LogP contribution in [0.5, 0.6) is 0 Å². The standard InChI is InChI=1S/C17H22FN3/c1-17(2,3)20-12-13-8-7-11-19-16(13)21(4)15-10-6-5-9-14(15)18/h5-11,20H,12H2,1-4H3. The molecular weight excluding hydrogens is 265 g/mol. The van der Waals surface area contributed by atoms with E-state index in [1.165, 1.54) is 6.07 Å². The highest BCUT2D eigenvalue weighted by atomic mass is 19.1. The Morgan fingerprint density at radius 2 is 1.86 bits per heavy atom. The molecule has 0 atom stereocenters. The number of para-hydroxylation sites is 1. The molecule has 2 rings (SSSR count). The van der Waals surface area contributed by atoms with Crippen LogP contribution < -0.4 is 10.2 Å². The summed E-state index contributed by atoms with van der Waals surface area (Å²) in [5.41, 5.74) is 1.58. The van der Waals surface area contributed by atoms with Gasteiger partial charge in [-0.3, -0.25) is 0 Å². The summed E-state index contributed by atoms with van der Waals surface area (Å²) in [6.45, 7) is 7.03. The third kappa shape index (κ3) is 4.02. The predicted octanol–water partition coefficient (Wildman–Crippen LogP) is 3.88. The Hall–Kier alpha value is -1.94. The SMILES string of the molecule is CN(c1ccccc1F)c1ncccc1CNC(C)(C)C. The van der Waals surface area contributed by atoms with Crippen molar-refractivity contribution in [2.24, 2.45) is 0 Å². The van der Waals surface area contributed by atoms with Gasteiger partial charge in [-0.05, 0) is 39.0 Å². The molecule has 0 aliphatic carbocycles. The van der Waals surface area contributed by atoms with Crippen molar-refractivity contribution < 1.29 is 4.39 Å². The first kappa shape index (κ1) is 15.4. The quantitative estimate of drug-likeness (QED) is 0.925. The number of aromatic nitrogens is 1. The zero-order chi connectivity index (χ0) is 15.5. The molecule has 1 aromatic carbocycles. The van der Waals surface area contributed by atoms with E-state index in [2.05, 4.69) is 31.1 Å². The highest BCUT2D eigenvalue weighted by Gasteiger charge is 2.15. The van der Waals surface area contributed by atoms with Gasteiger partial charge in [0.2, 0.25) is 0 Å². The maximum absolute atomic E-state index is 13.9. The van der Waals surface area contributed by atoms with Crippen LogP contribution in [0, 0.1) is 5.82 Å². The molecule has 0 amide bonds. The Kier molecular flexibility index (Phi) is 4.58. The van der Waals surface area contributed by atoms with Crippen LogP contribution in [-0.4, -0.2) is 17.6 Å². The van der Waals surface area contributed by atoms with Gasteiger partial charge >= 0.3 is 0 Å². The van der Waals surface area contributed by atoms with Crippen LogP contribution in [0.3, 0.4) is 0 Å². The Bertz CT molecular complexity index is 605. The third-order valence-electron chi connectivity index (χ3n) is 3.21. The first-order valence-corrected chi connectivity index (χ1v) is 7.06. The minimum absolute atomic E-state index is 0.0175. The number of pyridine rings is 1. The second kappa shape index (κ2) is 6.22. The average Bonchev–Trinajstić information content (AvgIpc) is 2.44. The van der Waals surface area contributed by atoms with Crippen molar-refractivity contribution in [3.63, 3.8) is 0 Å². The second-order valence-electron chi connectivity index (χ2n) is 6.10. The Morgan fingerprint density at radius 1 is 1.14 bits per heavy atom. The van der Waals surface area contributed by atoms with Crippen LogP contribution in [0.1, 0.15) is 26.3 Å². The molecule has 0 radical (unpaired) electrons. The van der Waals surface area contributed by atoms with Crippen LogP contribution in [0.2, 0.25) is 0 Å². The van der Waals surface area contributed by atoms with Crippen LogP contribution in [0.25, 0.3) is 0 Å². The molecule has 21 heavy (non-hydrogen) atoms. The molecule has 0 aliphatic rings. The van der Waals surface area contributed by atoms with E-state index in [4.69, 9.17) is 0 Å². The van der Waals surface area contributed by atoms with Crippen molar-refractivity contribution >= 4 is 11.5 Å². The van der Waals surface area contributed by atoms with Crippen molar-refractivity contribution in [3.05, 3.63) is 54.0 Å². The summed E-state index contributed by atoms with van der Waals surface area (Å²) in [4.78, 5) is 6.20. The number of nitrogens with zero attached hydrogens (tertiary/aromatic N) is 2. The Labute approximate surface area is 125 Å². The molecule has 0 fully saturated rings. The van der Waals surface area contributed by atoms with Crippen molar-refractivity contribution in [2.45, 2.75) is 32.9 Å². The van der Waals surface area contributed by atoms with Crippen LogP contribution >= 0.6 is 0 Å². The highest BCUT2D eigenvalue weighted by molar-refractivity contribution is 5.62. The molecule has 0 saturated carbocycles. The maximum atomic E-state index is 13.9. The second-order valence-corrected chi connectivity index (χ2v) is 6.10. The summed E-state index contributed by atoms with van der Waals surface area (Å²) in [6.07, 6.45) is 1.73. The molecule has 1 aromatic heterocycles. The van der Waals surface area contributed by atoms with Gasteiger partial charge < -0.3 is 10.2 Å². The number of halogens is 1. The number of benzene rings is 1. The van der Waals surface area contributed by atoms with E-state index in [0.29, 0.717) is 12.2 Å². The fourth-order valence-electron chi connectivity index (χ4n) is 2.07. The van der Waals surface area contributed by atoms with E-state index in [-0.39, 0.29) is 11.4 Å². The smallest absolute Gasteiger partial charge is 0.146 e. The van der Waals surface area contributed by atoms with Gasteiger partial charge in [0.05, 0.1) is 5.69 Å². The number of hydrogen-bond acceptors (Lipinski definition) is 3. The lowest BCUT2D eigenvalue weighted by Gasteiger charge is -2.25. The summed E-state index contributed by atoms with van der Waals surface area (Å²) in [5.74, 6) is 0.514. The van der Waals surface area contributed by atoms with Gasteiger partial charge in [0.1, 0.15) is 11.6 Å². The van der Waals surface area contributed by atoms with Crippen molar-refractivity contribution in [3.8, 4) is 0 Å². The Morgan fingerprint density at radius 3 is 2.52 bits per heavy atom. The lowest BCUT2D eigenvalue weighted by molar-refractivity contribution is 0.424. The van der Waals surface area contributed by atoms with E-state index in [9.17, 15) is 4.39 Å². The minimum Gasteiger partial charge on any atom is -0.327 e. The minimum atomic E-state index is -0.250. The molecule has 0 aliphatic heterocycles. The number of hydrogen-bond donors (Lipinski definition) is 1. The molecule has 112 valence electrons. The third-order valence-corrected chi connectivity index (χ3v) is 3.21. The molecular formula is C17H22FN3. The first-order valence-electron chi connectivity index (χ1n) is 7.06. The van der Waals surface area contributed by atoms with E-state index in [1.54, 1.807) is 23.2 Å². The Balaban J connectivity index is 2.29. The van der Waals surface area contributed by atoms with E-state index in [1.807, 2.05) is 25.2 Å². The van der Waals surface area contributed by atoms with Gasteiger partial charge in [-0.15, -0.1) is 0 Å². The molecule has 0 unspecified atom stereocenters. The van der Waals surface area contributed by atoms with Gasteiger partial charge in [0.15, 0.2) is 0 Å². The lowest BCUT2D eigenvalue weighted by atomic mass is 10.1. The van der Waals surface area contributed by atoms with Gasteiger partial charge in [-0.2, -0.15) is 0 Å². The fraction of sp³-hybridized carbons (Fsp3) is 0.353. The highest BCUT2D eigenvalue weighted by Crippen LogP contribution is 2.27. The monoisotopic (exact) mass is 287 g/mol. The van der Waals surface area contributed by atoms with Crippen molar-refractivity contribution in [1.29, 1.82) is 0 Å². The van der Waals surface area contributed by atoms with Crippen molar-refractivity contribution in [1.82, 2.24) is 10.3 Å². The maximum Gasteiger partial charge on any atom is 0.146 e. The molecule has 0 saturated heterocycles. The average molecular weight is 287 g/mol. The number of anilines is 2. The first-order chi connectivity index (χ1) is 9.88. The zero-order valence-electron chi connectivity index (χ0n) is 13.0.